The molecule has 0 radical (unpaired) electrons. The summed E-state index contributed by atoms with van der Waals surface area (Å²) in [6.45, 7) is 12.4. The molecule has 2 unspecified atom stereocenters. The van der Waals surface area contributed by atoms with Crippen LogP contribution in [0.25, 0.3) is 0 Å². The lowest BCUT2D eigenvalue weighted by Crippen LogP contribution is -2.42. The van der Waals surface area contributed by atoms with Gasteiger partial charge in [0.05, 0.1) is 18.7 Å². The van der Waals surface area contributed by atoms with Crippen molar-refractivity contribution in [3.8, 4) is 5.75 Å². The molecule has 4 N–H and O–H groups in total. The van der Waals surface area contributed by atoms with E-state index in [9.17, 15) is 24.6 Å². The third kappa shape index (κ3) is 13.6. The van der Waals surface area contributed by atoms with Crippen LogP contribution in [-0.4, -0.2) is 58.6 Å². The molecule has 2 aromatic carbocycles. The summed E-state index contributed by atoms with van der Waals surface area (Å²) in [5.74, 6) is 0.145. The maximum Gasteiger partial charge on any atom is 0.408 e. The highest BCUT2D eigenvalue weighted by molar-refractivity contribution is 5.73. The second kappa shape index (κ2) is 15.0. The molecule has 0 spiro atoms. The van der Waals surface area contributed by atoms with E-state index in [1.807, 2.05) is 31.2 Å². The Balaban J connectivity index is 0.000000380. The number of alkyl carbamates (subject to hydrolysis) is 2. The van der Waals surface area contributed by atoms with Gasteiger partial charge in [0.1, 0.15) is 23.2 Å². The Bertz CT molecular complexity index is 1040. The molecule has 9 nitrogen and oxygen atoms in total. The summed E-state index contributed by atoms with van der Waals surface area (Å²) in [6.07, 6.45) is 0.383. The van der Waals surface area contributed by atoms with Gasteiger partial charge in [-0.15, -0.1) is 0 Å². The smallest absolute Gasteiger partial charge is 0.408 e. The number of amides is 2. The van der Waals surface area contributed by atoms with E-state index in [-0.39, 0.29) is 12.4 Å². The number of phenols is 1. The number of ether oxygens (including phenoxy) is 2. The van der Waals surface area contributed by atoms with Crippen LogP contribution in [0.2, 0.25) is 0 Å². The number of hydrogen-bond donors (Lipinski definition) is 4. The van der Waals surface area contributed by atoms with Crippen molar-refractivity contribution in [1.82, 2.24) is 10.6 Å². The van der Waals surface area contributed by atoms with Crippen molar-refractivity contribution in [2.45, 2.75) is 84.6 Å². The van der Waals surface area contributed by atoms with Crippen LogP contribution in [0.3, 0.4) is 0 Å². The maximum absolute atomic E-state index is 11.6. The minimum atomic E-state index is -0.584. The fourth-order valence-electron chi connectivity index (χ4n) is 3.25. The number of nitrogens with one attached hydrogen (secondary N) is 2. The van der Waals surface area contributed by atoms with Crippen molar-refractivity contribution in [2.75, 3.05) is 6.61 Å². The molecule has 0 aliphatic heterocycles. The number of aromatic hydroxyl groups is 1. The van der Waals surface area contributed by atoms with Crippen LogP contribution in [0.5, 0.6) is 5.75 Å². The first kappa shape index (κ1) is 32.4. The van der Waals surface area contributed by atoms with Gasteiger partial charge >= 0.3 is 12.2 Å². The summed E-state index contributed by atoms with van der Waals surface area (Å²) in [6, 6.07) is 13.5. The number of aliphatic hydroxyl groups is 1. The molecule has 0 heterocycles. The minimum absolute atomic E-state index is 0.145. The Morgan fingerprint density at radius 3 is 1.82 bits per heavy atom. The van der Waals surface area contributed by atoms with E-state index < -0.39 is 35.5 Å². The summed E-state index contributed by atoms with van der Waals surface area (Å²) in [4.78, 5) is 34.3. The summed E-state index contributed by atoms with van der Waals surface area (Å²) in [5.41, 5.74) is 1.65. The summed E-state index contributed by atoms with van der Waals surface area (Å²) in [5, 5.41) is 24.1. The number of rotatable bonds is 8. The third-order valence-electron chi connectivity index (χ3n) is 4.97. The van der Waals surface area contributed by atoms with Crippen LogP contribution in [0, 0.1) is 6.92 Å². The Morgan fingerprint density at radius 2 is 1.34 bits per heavy atom. The molecular formula is C29H42N2O7. The Kier molecular flexibility index (Phi) is 12.8. The molecular weight excluding hydrogens is 488 g/mol. The quantitative estimate of drug-likeness (QED) is 0.371. The molecule has 0 aliphatic rings. The topological polar surface area (TPSA) is 134 Å². The number of aryl methyl sites for hydroxylation is 1. The molecule has 2 rings (SSSR count). The maximum atomic E-state index is 11.6. The van der Waals surface area contributed by atoms with Crippen LogP contribution >= 0.6 is 0 Å². The first-order valence-electron chi connectivity index (χ1n) is 12.5. The number of benzene rings is 2. The zero-order chi connectivity index (χ0) is 28.9. The Labute approximate surface area is 225 Å². The molecule has 0 fully saturated rings. The molecule has 0 saturated carbocycles. The number of carbonyl (C=O) groups excluding carboxylic acids is 3. The van der Waals surface area contributed by atoms with Gasteiger partial charge in [-0.3, -0.25) is 0 Å². The van der Waals surface area contributed by atoms with E-state index >= 15 is 0 Å². The second-order valence-electron chi connectivity index (χ2n) is 10.9. The Hall–Kier alpha value is -3.59. The van der Waals surface area contributed by atoms with Crippen LogP contribution in [0.1, 0.15) is 58.2 Å². The third-order valence-corrected chi connectivity index (χ3v) is 4.97. The second-order valence-corrected chi connectivity index (χ2v) is 10.9. The SMILES string of the molecule is CC(C)(C)OC(=O)NC(CO)Cc1ccccc1O.Cc1ccccc1CC(C=O)NC(=O)OC(C)(C)C. The normalized spacial score (nSPS) is 12.7. The van der Waals surface area contributed by atoms with Crippen molar-refractivity contribution in [3.63, 3.8) is 0 Å². The molecule has 0 aromatic heterocycles. The van der Waals surface area contributed by atoms with Crippen molar-refractivity contribution < 1.29 is 34.1 Å². The average molecular weight is 531 g/mol. The molecule has 38 heavy (non-hydrogen) atoms. The standard InChI is InChI=1S/C15H21NO3.C14H21NO4/c1-11-7-5-6-8-12(11)9-13(10-17)16-14(18)19-15(2,3)4;1-14(2,3)19-13(18)15-11(9-16)8-10-6-4-5-7-12(10)17/h5-8,10,13H,9H2,1-4H3,(H,16,18);4-7,11,16-17H,8-9H2,1-3H3,(H,15,18). The molecule has 0 aliphatic carbocycles. The lowest BCUT2D eigenvalue weighted by atomic mass is 10.0. The van der Waals surface area contributed by atoms with Crippen LogP contribution in [0.15, 0.2) is 48.5 Å². The zero-order valence-corrected chi connectivity index (χ0v) is 23.4. The van der Waals surface area contributed by atoms with Gasteiger partial charge in [-0.2, -0.15) is 0 Å². The molecule has 210 valence electrons. The van der Waals surface area contributed by atoms with Gasteiger partial charge < -0.3 is 35.1 Å². The lowest BCUT2D eigenvalue weighted by molar-refractivity contribution is -0.109. The van der Waals surface area contributed by atoms with E-state index in [1.165, 1.54) is 0 Å². The number of para-hydroxylation sites is 1. The van der Waals surface area contributed by atoms with Crippen molar-refractivity contribution in [3.05, 3.63) is 65.2 Å². The fraction of sp³-hybridized carbons (Fsp3) is 0.483. The van der Waals surface area contributed by atoms with Gasteiger partial charge in [0, 0.05) is 0 Å². The molecule has 2 amide bonds. The largest absolute Gasteiger partial charge is 0.508 e. The summed E-state index contributed by atoms with van der Waals surface area (Å²) < 4.78 is 10.2. The zero-order valence-electron chi connectivity index (χ0n) is 23.4. The van der Waals surface area contributed by atoms with E-state index in [0.29, 0.717) is 18.4 Å². The molecule has 0 bridgehead atoms. The van der Waals surface area contributed by atoms with Gasteiger partial charge in [0.15, 0.2) is 0 Å². The van der Waals surface area contributed by atoms with E-state index in [1.54, 1.807) is 65.8 Å². The highest BCUT2D eigenvalue weighted by Crippen LogP contribution is 2.17. The number of aliphatic hydroxyl groups excluding tert-OH is 1. The van der Waals surface area contributed by atoms with Gasteiger partial charge in [-0.25, -0.2) is 9.59 Å². The summed E-state index contributed by atoms with van der Waals surface area (Å²) >= 11 is 0. The predicted octanol–water partition coefficient (Wildman–Crippen LogP) is 4.45. The first-order valence-corrected chi connectivity index (χ1v) is 12.5. The van der Waals surface area contributed by atoms with E-state index in [4.69, 9.17) is 9.47 Å². The summed E-state index contributed by atoms with van der Waals surface area (Å²) in [7, 11) is 0. The van der Waals surface area contributed by atoms with E-state index in [0.717, 1.165) is 17.4 Å². The lowest BCUT2D eigenvalue weighted by Gasteiger charge is -2.23. The van der Waals surface area contributed by atoms with Crippen molar-refractivity contribution in [1.29, 1.82) is 0 Å². The predicted molar refractivity (Wildman–Crippen MR) is 146 cm³/mol. The van der Waals surface area contributed by atoms with Crippen LogP contribution in [0.4, 0.5) is 9.59 Å². The van der Waals surface area contributed by atoms with Gasteiger partial charge in [-0.05, 0) is 84.1 Å². The average Bonchev–Trinajstić information content (AvgIpc) is 2.79. The van der Waals surface area contributed by atoms with Gasteiger partial charge in [0.25, 0.3) is 0 Å². The monoisotopic (exact) mass is 530 g/mol. The minimum Gasteiger partial charge on any atom is -0.508 e. The number of phenolic OH excluding ortho intramolecular Hbond substituents is 1. The number of aldehydes is 1. The first-order chi connectivity index (χ1) is 17.6. The highest BCUT2D eigenvalue weighted by Gasteiger charge is 2.21. The van der Waals surface area contributed by atoms with Crippen LogP contribution in [-0.2, 0) is 27.1 Å². The number of hydrogen-bond acceptors (Lipinski definition) is 7. The number of carbonyl (C=O) groups is 3. The van der Waals surface area contributed by atoms with E-state index in [2.05, 4.69) is 10.6 Å². The van der Waals surface area contributed by atoms with Crippen LogP contribution < -0.4 is 10.6 Å². The highest BCUT2D eigenvalue weighted by atomic mass is 16.6. The Morgan fingerprint density at radius 1 is 0.842 bits per heavy atom. The molecule has 0 saturated heterocycles. The van der Waals surface area contributed by atoms with Gasteiger partial charge in [-0.1, -0.05) is 42.5 Å². The molecule has 2 atom stereocenters. The van der Waals surface area contributed by atoms with Crippen molar-refractivity contribution in [2.24, 2.45) is 0 Å². The fourth-order valence-corrected chi connectivity index (χ4v) is 3.25. The molecule has 9 heteroatoms. The van der Waals surface area contributed by atoms with Gasteiger partial charge in [0.2, 0.25) is 0 Å². The molecule has 2 aromatic rings. The van der Waals surface area contributed by atoms with Crippen molar-refractivity contribution >= 4 is 18.5 Å².